The average molecular weight is 417 g/mol. The summed E-state index contributed by atoms with van der Waals surface area (Å²) in [6.45, 7) is 4.08. The lowest BCUT2D eigenvalue weighted by Gasteiger charge is -2.26. The third-order valence-corrected chi connectivity index (χ3v) is 5.34. The molecule has 4 rings (SSSR count). The molecule has 1 aliphatic heterocycles. The highest BCUT2D eigenvalue weighted by atomic mass is 32.2. The largest absolute Gasteiger partial charge is 0.480 e. The molecule has 4 heterocycles. The number of morpholine rings is 1. The summed E-state index contributed by atoms with van der Waals surface area (Å²) in [5.74, 6) is 0.218. The minimum atomic E-state index is -3.46. The van der Waals surface area contributed by atoms with Crippen LogP contribution in [-0.4, -0.2) is 67.4 Å². The Balaban J connectivity index is 1.68. The first-order valence-corrected chi connectivity index (χ1v) is 11.1. The topological polar surface area (TPSA) is 98.1 Å². The summed E-state index contributed by atoms with van der Waals surface area (Å²) in [7, 11) is -2.01. The average Bonchev–Trinajstić information content (AvgIpc) is 3.09. The van der Waals surface area contributed by atoms with E-state index < -0.39 is 10.0 Å². The highest BCUT2D eigenvalue weighted by Crippen LogP contribution is 2.29. The lowest BCUT2D eigenvalue weighted by atomic mass is 10.1. The lowest BCUT2D eigenvalue weighted by Crippen LogP contribution is -2.35. The lowest BCUT2D eigenvalue weighted by molar-refractivity contribution is 0.0335. The summed E-state index contributed by atoms with van der Waals surface area (Å²) in [6, 6.07) is 5.59. The van der Waals surface area contributed by atoms with Crippen LogP contribution < -0.4 is 9.46 Å². The smallest absolute Gasteiger partial charge is 0.238 e. The van der Waals surface area contributed by atoms with Crippen LogP contribution >= 0.6 is 0 Å². The zero-order valence-corrected chi connectivity index (χ0v) is 17.1. The molecule has 0 atom stereocenters. The summed E-state index contributed by atoms with van der Waals surface area (Å²) in [5.41, 5.74) is 3.90. The van der Waals surface area contributed by atoms with E-state index in [9.17, 15) is 8.42 Å². The number of rotatable bonds is 6. The highest BCUT2D eigenvalue weighted by molar-refractivity contribution is 7.92. The first kappa shape index (κ1) is 19.6. The van der Waals surface area contributed by atoms with E-state index in [0.29, 0.717) is 5.69 Å². The normalized spacial score (nSPS) is 15.5. The second kappa shape index (κ2) is 7.97. The predicted octanol–water partition coefficient (Wildman–Crippen LogP) is 1.61. The molecule has 0 bridgehead atoms. The summed E-state index contributed by atoms with van der Waals surface area (Å²) in [5, 5.41) is 0. The molecule has 0 spiro atoms. The number of imidazole rings is 1. The Labute approximate surface area is 169 Å². The fraction of sp³-hybridized carbons (Fsp3) is 0.368. The summed E-state index contributed by atoms with van der Waals surface area (Å²) >= 11 is 0. The molecular formula is C19H23N5O4S. The van der Waals surface area contributed by atoms with Crippen LogP contribution in [0.2, 0.25) is 0 Å². The van der Waals surface area contributed by atoms with Gasteiger partial charge in [0.05, 0.1) is 38.5 Å². The van der Waals surface area contributed by atoms with Crippen molar-refractivity contribution in [3.63, 3.8) is 0 Å². The van der Waals surface area contributed by atoms with E-state index in [0.717, 1.165) is 61.6 Å². The number of methoxy groups -OCH3 is 1. The Morgan fingerprint density at radius 2 is 1.97 bits per heavy atom. The van der Waals surface area contributed by atoms with Crippen LogP contribution in [0.25, 0.3) is 16.8 Å². The van der Waals surface area contributed by atoms with Crippen molar-refractivity contribution >= 4 is 21.4 Å². The van der Waals surface area contributed by atoms with E-state index in [-0.39, 0.29) is 5.88 Å². The van der Waals surface area contributed by atoms with Crippen LogP contribution in [0.1, 0.15) is 5.69 Å². The maximum absolute atomic E-state index is 11.7. The number of pyridine rings is 2. The van der Waals surface area contributed by atoms with Crippen molar-refractivity contribution in [1.82, 2.24) is 19.3 Å². The SMILES string of the molecule is COc1ncc(-c2ccc3ncc(CN4CCOCC4)n3c2)cc1NS(C)(=O)=O. The van der Waals surface area contributed by atoms with Gasteiger partial charge in [0, 0.05) is 43.2 Å². The summed E-state index contributed by atoms with van der Waals surface area (Å²) in [6.07, 6.45) is 6.63. The second-order valence-electron chi connectivity index (χ2n) is 6.94. The Bertz CT molecular complexity index is 1120. The van der Waals surface area contributed by atoms with Gasteiger partial charge in [-0.05, 0) is 18.2 Å². The van der Waals surface area contributed by atoms with Gasteiger partial charge in [-0.3, -0.25) is 9.62 Å². The molecule has 1 N–H and O–H groups in total. The van der Waals surface area contributed by atoms with Crippen LogP contribution in [0.15, 0.2) is 36.8 Å². The van der Waals surface area contributed by atoms with Gasteiger partial charge in [0.2, 0.25) is 15.9 Å². The molecule has 1 fully saturated rings. The van der Waals surface area contributed by atoms with E-state index in [1.807, 2.05) is 24.5 Å². The van der Waals surface area contributed by atoms with Crippen molar-refractivity contribution < 1.29 is 17.9 Å². The molecule has 0 saturated carbocycles. The molecule has 3 aromatic rings. The maximum atomic E-state index is 11.7. The van der Waals surface area contributed by atoms with Crippen LogP contribution in [0.5, 0.6) is 5.88 Å². The third kappa shape index (κ3) is 4.50. The van der Waals surface area contributed by atoms with Crippen LogP contribution in [0.4, 0.5) is 5.69 Å². The molecule has 0 unspecified atom stereocenters. The first-order chi connectivity index (χ1) is 13.9. The van der Waals surface area contributed by atoms with Gasteiger partial charge < -0.3 is 13.9 Å². The van der Waals surface area contributed by atoms with Gasteiger partial charge >= 0.3 is 0 Å². The Kier molecular flexibility index (Phi) is 5.39. The number of nitrogens with zero attached hydrogens (tertiary/aromatic N) is 4. The van der Waals surface area contributed by atoms with Gasteiger partial charge in [-0.1, -0.05) is 0 Å². The third-order valence-electron chi connectivity index (χ3n) is 4.74. The number of nitrogens with one attached hydrogen (secondary N) is 1. The Morgan fingerprint density at radius 3 is 2.69 bits per heavy atom. The van der Waals surface area contributed by atoms with Gasteiger partial charge in [0.25, 0.3) is 0 Å². The number of hydrogen-bond donors (Lipinski definition) is 1. The van der Waals surface area contributed by atoms with Crippen LogP contribution in [0.3, 0.4) is 0 Å². The number of aromatic nitrogens is 3. The van der Waals surface area contributed by atoms with E-state index in [2.05, 4.69) is 24.0 Å². The van der Waals surface area contributed by atoms with E-state index >= 15 is 0 Å². The number of ether oxygens (including phenoxy) is 2. The molecular weight excluding hydrogens is 394 g/mol. The van der Waals surface area contributed by atoms with Crippen molar-refractivity contribution in [3.05, 3.63) is 42.5 Å². The highest BCUT2D eigenvalue weighted by Gasteiger charge is 2.15. The molecule has 29 heavy (non-hydrogen) atoms. The fourth-order valence-corrected chi connectivity index (χ4v) is 3.90. The fourth-order valence-electron chi connectivity index (χ4n) is 3.35. The van der Waals surface area contributed by atoms with Crippen molar-refractivity contribution in [2.24, 2.45) is 0 Å². The first-order valence-electron chi connectivity index (χ1n) is 9.21. The van der Waals surface area contributed by atoms with Crippen molar-refractivity contribution in [2.75, 3.05) is 44.4 Å². The van der Waals surface area contributed by atoms with E-state index in [1.54, 1.807) is 12.3 Å². The van der Waals surface area contributed by atoms with Gasteiger partial charge in [-0.15, -0.1) is 0 Å². The molecule has 1 aliphatic rings. The Hall–Kier alpha value is -2.69. The molecule has 0 aromatic carbocycles. The van der Waals surface area contributed by atoms with E-state index in [4.69, 9.17) is 9.47 Å². The maximum Gasteiger partial charge on any atom is 0.238 e. The quantitative estimate of drug-likeness (QED) is 0.651. The second-order valence-corrected chi connectivity index (χ2v) is 8.69. The van der Waals surface area contributed by atoms with Crippen molar-refractivity contribution in [1.29, 1.82) is 0 Å². The van der Waals surface area contributed by atoms with Crippen molar-refractivity contribution in [3.8, 4) is 17.0 Å². The van der Waals surface area contributed by atoms with Crippen LogP contribution in [-0.2, 0) is 21.3 Å². The van der Waals surface area contributed by atoms with Gasteiger partial charge in [0.15, 0.2) is 0 Å². The molecule has 154 valence electrons. The molecule has 9 nitrogen and oxygen atoms in total. The summed E-state index contributed by atoms with van der Waals surface area (Å²) < 4.78 is 38.4. The molecule has 0 radical (unpaired) electrons. The number of sulfonamides is 1. The monoisotopic (exact) mass is 417 g/mol. The van der Waals surface area contributed by atoms with Crippen LogP contribution in [0, 0.1) is 0 Å². The minimum absolute atomic E-state index is 0.218. The predicted molar refractivity (Wildman–Crippen MR) is 110 cm³/mol. The number of hydrogen-bond acceptors (Lipinski definition) is 7. The number of anilines is 1. The molecule has 1 saturated heterocycles. The van der Waals surface area contributed by atoms with Gasteiger partial charge in [0.1, 0.15) is 11.3 Å². The molecule has 10 heteroatoms. The Morgan fingerprint density at radius 1 is 1.17 bits per heavy atom. The van der Waals surface area contributed by atoms with E-state index in [1.165, 1.54) is 7.11 Å². The summed E-state index contributed by atoms with van der Waals surface area (Å²) in [4.78, 5) is 11.1. The zero-order chi connectivity index (χ0) is 20.4. The minimum Gasteiger partial charge on any atom is -0.480 e. The zero-order valence-electron chi connectivity index (χ0n) is 16.3. The van der Waals surface area contributed by atoms with Crippen molar-refractivity contribution in [2.45, 2.75) is 6.54 Å². The van der Waals surface area contributed by atoms with Gasteiger partial charge in [-0.25, -0.2) is 18.4 Å². The molecule has 0 aliphatic carbocycles. The molecule has 3 aromatic heterocycles. The van der Waals surface area contributed by atoms with Gasteiger partial charge in [-0.2, -0.15) is 0 Å². The number of fused-ring (bicyclic) bond motifs is 1. The standard InChI is InChI=1S/C19H23N5O4S/c1-27-19-17(22-29(2,25)26)9-15(10-21-19)14-3-4-18-20-11-16(24(18)12-14)13-23-5-7-28-8-6-23/h3-4,9-12,22H,5-8,13H2,1-2H3. The molecule has 0 amide bonds.